The normalized spacial score (nSPS) is 22.4. The third-order valence-corrected chi connectivity index (χ3v) is 4.12. The fourth-order valence-corrected chi connectivity index (χ4v) is 2.64. The molecular weight excluding hydrogens is 348 g/mol. The summed E-state index contributed by atoms with van der Waals surface area (Å²) in [6.07, 6.45) is 0. The van der Waals surface area contributed by atoms with Crippen molar-refractivity contribution >= 4 is 31.9 Å². The summed E-state index contributed by atoms with van der Waals surface area (Å²) < 4.78 is 13.0. The number of alkyl halides is 1. The second-order valence-electron chi connectivity index (χ2n) is 5.13. The first kappa shape index (κ1) is 13.5. The lowest BCUT2D eigenvalue weighted by molar-refractivity contribution is -0.294. The van der Waals surface area contributed by atoms with Crippen LogP contribution in [0.3, 0.4) is 0 Å². The fourth-order valence-electron chi connectivity index (χ4n) is 1.73. The maximum atomic E-state index is 5.97. The number of halogens is 2. The molecule has 2 rings (SSSR count). The minimum absolute atomic E-state index is 0.0844. The SMILES string of the molecule is CC1(C)COC(CBr)(c2ccc(Br)cc2)OC1. The van der Waals surface area contributed by atoms with Gasteiger partial charge in [0.1, 0.15) is 0 Å². The van der Waals surface area contributed by atoms with Crippen LogP contribution in [0.15, 0.2) is 28.7 Å². The maximum absolute atomic E-state index is 5.97. The number of ether oxygens (including phenoxy) is 2. The molecule has 0 N–H and O–H groups in total. The zero-order chi connectivity index (χ0) is 12.5. The molecule has 2 nitrogen and oxygen atoms in total. The van der Waals surface area contributed by atoms with Gasteiger partial charge in [-0.05, 0) is 12.1 Å². The summed E-state index contributed by atoms with van der Waals surface area (Å²) in [4.78, 5) is 0. The van der Waals surface area contributed by atoms with Crippen LogP contribution in [-0.4, -0.2) is 18.5 Å². The number of rotatable bonds is 2. The van der Waals surface area contributed by atoms with Crippen molar-refractivity contribution in [2.45, 2.75) is 19.6 Å². The molecule has 0 spiro atoms. The van der Waals surface area contributed by atoms with E-state index in [9.17, 15) is 0 Å². The first-order valence-corrected chi connectivity index (χ1v) is 7.49. The van der Waals surface area contributed by atoms with Gasteiger partial charge in [0.2, 0.25) is 5.79 Å². The van der Waals surface area contributed by atoms with Crippen LogP contribution in [0.1, 0.15) is 19.4 Å². The fraction of sp³-hybridized carbons (Fsp3) is 0.538. The summed E-state index contributed by atoms with van der Waals surface area (Å²) in [6.45, 7) is 5.70. The molecule has 1 fully saturated rings. The van der Waals surface area contributed by atoms with Gasteiger partial charge in [-0.3, -0.25) is 0 Å². The van der Waals surface area contributed by atoms with Gasteiger partial charge < -0.3 is 9.47 Å². The average molecular weight is 364 g/mol. The standard InChI is InChI=1S/C13H16Br2O2/c1-12(2)8-16-13(7-14,17-9-12)10-3-5-11(15)6-4-10/h3-6H,7-9H2,1-2H3. The van der Waals surface area contributed by atoms with Crippen LogP contribution in [0.2, 0.25) is 0 Å². The van der Waals surface area contributed by atoms with Crippen molar-refractivity contribution < 1.29 is 9.47 Å². The molecule has 0 amide bonds. The van der Waals surface area contributed by atoms with E-state index in [4.69, 9.17) is 9.47 Å². The van der Waals surface area contributed by atoms with E-state index in [0.29, 0.717) is 18.5 Å². The zero-order valence-electron chi connectivity index (χ0n) is 10.0. The molecule has 1 aliphatic rings. The Kier molecular flexibility index (Phi) is 3.98. The Morgan fingerprint density at radius 1 is 1.12 bits per heavy atom. The number of hydrogen-bond acceptors (Lipinski definition) is 2. The highest BCUT2D eigenvalue weighted by molar-refractivity contribution is 9.10. The largest absolute Gasteiger partial charge is 0.345 e. The predicted octanol–water partition coefficient (Wildman–Crippen LogP) is 4.07. The van der Waals surface area contributed by atoms with Gasteiger partial charge in [-0.2, -0.15) is 0 Å². The molecule has 1 heterocycles. The molecule has 17 heavy (non-hydrogen) atoms. The monoisotopic (exact) mass is 362 g/mol. The van der Waals surface area contributed by atoms with Gasteiger partial charge in [-0.1, -0.05) is 57.8 Å². The molecule has 0 aromatic heterocycles. The highest BCUT2D eigenvalue weighted by Crippen LogP contribution is 2.38. The molecule has 0 atom stereocenters. The molecule has 1 aromatic rings. The minimum Gasteiger partial charge on any atom is -0.345 e. The van der Waals surface area contributed by atoms with E-state index in [1.165, 1.54) is 0 Å². The van der Waals surface area contributed by atoms with Crippen molar-refractivity contribution in [2.24, 2.45) is 5.41 Å². The van der Waals surface area contributed by atoms with Gasteiger partial charge in [0.15, 0.2) is 0 Å². The van der Waals surface area contributed by atoms with Crippen molar-refractivity contribution in [2.75, 3.05) is 18.5 Å². The second-order valence-corrected chi connectivity index (χ2v) is 6.61. The molecule has 1 saturated heterocycles. The van der Waals surface area contributed by atoms with Gasteiger partial charge in [0, 0.05) is 15.5 Å². The second kappa shape index (κ2) is 5.00. The molecule has 0 unspecified atom stereocenters. The van der Waals surface area contributed by atoms with E-state index in [0.717, 1.165) is 10.0 Å². The molecule has 0 radical (unpaired) electrons. The van der Waals surface area contributed by atoms with Gasteiger partial charge in [0.25, 0.3) is 0 Å². The quantitative estimate of drug-likeness (QED) is 0.737. The first-order valence-electron chi connectivity index (χ1n) is 5.57. The van der Waals surface area contributed by atoms with Crippen molar-refractivity contribution in [1.29, 1.82) is 0 Å². The summed E-state index contributed by atoms with van der Waals surface area (Å²) in [5.74, 6) is -0.643. The first-order chi connectivity index (χ1) is 7.97. The number of hydrogen-bond donors (Lipinski definition) is 0. The van der Waals surface area contributed by atoms with Crippen molar-refractivity contribution in [3.05, 3.63) is 34.3 Å². The smallest absolute Gasteiger partial charge is 0.204 e. The van der Waals surface area contributed by atoms with Crippen molar-refractivity contribution in [1.82, 2.24) is 0 Å². The Labute approximate surface area is 119 Å². The zero-order valence-corrected chi connectivity index (χ0v) is 13.2. The Hall–Kier alpha value is 0.1000. The molecular formula is C13H16Br2O2. The van der Waals surface area contributed by atoms with Crippen LogP contribution in [-0.2, 0) is 15.3 Å². The Morgan fingerprint density at radius 3 is 2.12 bits per heavy atom. The van der Waals surface area contributed by atoms with Crippen LogP contribution in [0, 0.1) is 5.41 Å². The summed E-state index contributed by atoms with van der Waals surface area (Å²) >= 11 is 6.93. The maximum Gasteiger partial charge on any atom is 0.204 e. The lowest BCUT2D eigenvalue weighted by Gasteiger charge is -2.42. The summed E-state index contributed by atoms with van der Waals surface area (Å²) in [6, 6.07) is 8.08. The topological polar surface area (TPSA) is 18.5 Å². The van der Waals surface area contributed by atoms with Gasteiger partial charge in [-0.25, -0.2) is 0 Å². The van der Waals surface area contributed by atoms with E-state index in [1.54, 1.807) is 0 Å². The van der Waals surface area contributed by atoms with Crippen molar-refractivity contribution in [3.63, 3.8) is 0 Å². The number of benzene rings is 1. The van der Waals surface area contributed by atoms with E-state index >= 15 is 0 Å². The van der Waals surface area contributed by atoms with E-state index < -0.39 is 5.79 Å². The predicted molar refractivity (Wildman–Crippen MR) is 75.3 cm³/mol. The van der Waals surface area contributed by atoms with E-state index in [1.807, 2.05) is 24.3 Å². The van der Waals surface area contributed by atoms with Gasteiger partial charge >= 0.3 is 0 Å². The molecule has 94 valence electrons. The van der Waals surface area contributed by atoms with Crippen LogP contribution in [0.25, 0.3) is 0 Å². The lowest BCUT2D eigenvalue weighted by Crippen LogP contribution is -2.46. The van der Waals surface area contributed by atoms with E-state index in [2.05, 4.69) is 45.7 Å². The summed E-state index contributed by atoms with van der Waals surface area (Å²) in [7, 11) is 0. The van der Waals surface area contributed by atoms with Crippen LogP contribution < -0.4 is 0 Å². The van der Waals surface area contributed by atoms with Gasteiger partial charge in [-0.15, -0.1) is 0 Å². The Morgan fingerprint density at radius 2 is 1.65 bits per heavy atom. The average Bonchev–Trinajstić information content (AvgIpc) is 2.31. The highest BCUT2D eigenvalue weighted by Gasteiger charge is 2.41. The van der Waals surface area contributed by atoms with Crippen LogP contribution in [0.4, 0.5) is 0 Å². The van der Waals surface area contributed by atoms with Crippen LogP contribution in [0.5, 0.6) is 0 Å². The lowest BCUT2D eigenvalue weighted by atomic mass is 9.94. The third-order valence-electron chi connectivity index (χ3n) is 2.85. The summed E-state index contributed by atoms with van der Waals surface area (Å²) in [5.41, 5.74) is 1.13. The summed E-state index contributed by atoms with van der Waals surface area (Å²) in [5, 5.41) is 0.637. The van der Waals surface area contributed by atoms with Crippen molar-refractivity contribution in [3.8, 4) is 0 Å². The molecule has 1 aromatic carbocycles. The van der Waals surface area contributed by atoms with E-state index in [-0.39, 0.29) is 5.41 Å². The molecule has 0 aliphatic carbocycles. The Balaban J connectivity index is 2.24. The van der Waals surface area contributed by atoms with Gasteiger partial charge in [0.05, 0.1) is 18.5 Å². The third kappa shape index (κ3) is 2.92. The molecule has 1 aliphatic heterocycles. The molecule has 4 heteroatoms. The van der Waals surface area contributed by atoms with Crippen LogP contribution >= 0.6 is 31.9 Å². The Bertz CT molecular complexity index is 377. The molecule has 0 bridgehead atoms. The minimum atomic E-state index is -0.643. The molecule has 0 saturated carbocycles. The highest BCUT2D eigenvalue weighted by atomic mass is 79.9.